The van der Waals surface area contributed by atoms with Crippen LogP contribution >= 0.6 is 11.8 Å². The van der Waals surface area contributed by atoms with Crippen LogP contribution in [0.25, 0.3) is 5.69 Å². The van der Waals surface area contributed by atoms with Crippen molar-refractivity contribution in [3.63, 3.8) is 0 Å². The van der Waals surface area contributed by atoms with Crippen LogP contribution in [0.5, 0.6) is 23.0 Å². The molecule has 6 rings (SSSR count). The number of carbonyl (C=O) groups is 2. The van der Waals surface area contributed by atoms with Gasteiger partial charge in [0.1, 0.15) is 23.0 Å². The molecule has 5 aromatic rings. The van der Waals surface area contributed by atoms with E-state index in [1.54, 1.807) is 62.3 Å². The van der Waals surface area contributed by atoms with Crippen molar-refractivity contribution in [2.75, 3.05) is 34.2 Å². The van der Waals surface area contributed by atoms with Crippen LogP contribution in [0.3, 0.4) is 0 Å². The minimum atomic E-state index is -0.318. The molecule has 12 nitrogen and oxygen atoms in total. The lowest BCUT2D eigenvalue weighted by molar-refractivity contribution is -0.130. The maximum atomic E-state index is 14.0. The number of rotatable bonds is 13. The highest BCUT2D eigenvalue weighted by atomic mass is 32.2. The molecule has 4 aromatic carbocycles. The fourth-order valence-corrected chi connectivity index (χ4v) is 6.36. The monoisotopic (exact) mass is 692 g/mol. The second-order valence-electron chi connectivity index (χ2n) is 11.1. The molecule has 0 spiro atoms. The molecule has 0 radical (unpaired) electrons. The lowest BCUT2D eigenvalue weighted by atomic mass is 9.98. The molecule has 0 saturated carbocycles. The number of nitrogens with one attached hydrogen (secondary N) is 1. The van der Waals surface area contributed by atoms with Crippen LogP contribution in [0.2, 0.25) is 0 Å². The van der Waals surface area contributed by atoms with Crippen molar-refractivity contribution in [3.05, 3.63) is 120 Å². The summed E-state index contributed by atoms with van der Waals surface area (Å²) in [5.74, 6) is 2.70. The second-order valence-corrected chi connectivity index (χ2v) is 12.1. The summed E-state index contributed by atoms with van der Waals surface area (Å²) in [6.07, 6.45) is 0.532. The van der Waals surface area contributed by atoms with Crippen molar-refractivity contribution >= 4 is 29.3 Å². The third-order valence-corrected chi connectivity index (χ3v) is 9.11. The Morgan fingerprint density at radius 3 is 2.04 bits per heavy atom. The summed E-state index contributed by atoms with van der Waals surface area (Å²) >= 11 is 1.23. The van der Waals surface area contributed by atoms with Crippen LogP contribution < -0.4 is 24.3 Å². The van der Waals surface area contributed by atoms with E-state index in [0.29, 0.717) is 40.2 Å². The molecule has 0 saturated heterocycles. The summed E-state index contributed by atoms with van der Waals surface area (Å²) in [5, 5.41) is 18.6. The number of hydrazone groups is 1. The number of para-hydroxylation sites is 2. The third-order valence-electron chi connectivity index (χ3n) is 8.20. The lowest BCUT2D eigenvalue weighted by Gasteiger charge is -2.22. The van der Waals surface area contributed by atoms with Crippen LogP contribution in [0.4, 0.5) is 0 Å². The van der Waals surface area contributed by atoms with Gasteiger partial charge in [0.15, 0.2) is 11.0 Å². The highest BCUT2D eigenvalue weighted by Crippen LogP contribution is 2.35. The lowest BCUT2D eigenvalue weighted by Crippen LogP contribution is -2.28. The van der Waals surface area contributed by atoms with Crippen LogP contribution in [-0.4, -0.2) is 71.5 Å². The van der Waals surface area contributed by atoms with Crippen molar-refractivity contribution in [3.8, 4) is 28.7 Å². The largest absolute Gasteiger partial charge is 0.497 e. The van der Waals surface area contributed by atoms with Gasteiger partial charge in [-0.05, 0) is 83.9 Å². The minimum Gasteiger partial charge on any atom is -0.497 e. The van der Waals surface area contributed by atoms with E-state index in [4.69, 9.17) is 24.0 Å². The molecule has 1 N–H and O–H groups in total. The first-order valence-corrected chi connectivity index (χ1v) is 16.7. The van der Waals surface area contributed by atoms with E-state index in [2.05, 4.69) is 15.5 Å². The van der Waals surface area contributed by atoms with Gasteiger partial charge in [0, 0.05) is 12.0 Å². The van der Waals surface area contributed by atoms with Crippen molar-refractivity contribution < 1.29 is 28.5 Å². The standard InChI is InChI=1S/C37H36N6O6S/c1-46-27-15-9-24(10-16-27)30-21-32(25-11-17-28(47-2)18-12-25)43(41-30)35(44)23-50-37-40-39-34(42(37)31-7-5-6-8-33(31)49-4)22-38-36(45)26-13-19-29(48-3)20-14-26/h5-20,32H,21-23H2,1-4H3,(H,38,45)/t32-/m1/s1. The molecule has 0 aliphatic carbocycles. The summed E-state index contributed by atoms with van der Waals surface area (Å²) in [6, 6.07) is 29.2. The predicted octanol–water partition coefficient (Wildman–Crippen LogP) is 5.70. The van der Waals surface area contributed by atoms with E-state index in [9.17, 15) is 9.59 Å². The van der Waals surface area contributed by atoms with Gasteiger partial charge in [-0.3, -0.25) is 14.2 Å². The Morgan fingerprint density at radius 1 is 0.780 bits per heavy atom. The number of hydrogen-bond acceptors (Lipinski definition) is 10. The molecule has 2 amide bonds. The van der Waals surface area contributed by atoms with E-state index < -0.39 is 0 Å². The Balaban J connectivity index is 1.25. The van der Waals surface area contributed by atoms with Gasteiger partial charge in [-0.15, -0.1) is 10.2 Å². The SMILES string of the molecule is COc1ccc(C(=O)NCc2nnc(SCC(=O)N3N=C(c4ccc(OC)cc4)C[C@@H]3c3ccc(OC)cc3)n2-c2ccccc2OC)cc1. The molecule has 0 fully saturated rings. The molecular weight excluding hydrogens is 657 g/mol. The van der Waals surface area contributed by atoms with Crippen LogP contribution in [0, 0.1) is 0 Å². The second kappa shape index (κ2) is 15.6. The Morgan fingerprint density at radius 2 is 1.40 bits per heavy atom. The minimum absolute atomic E-state index is 0.0253. The predicted molar refractivity (Wildman–Crippen MR) is 190 cm³/mol. The van der Waals surface area contributed by atoms with E-state index in [1.807, 2.05) is 72.8 Å². The molecule has 1 aliphatic rings. The fourth-order valence-electron chi connectivity index (χ4n) is 5.54. The summed E-state index contributed by atoms with van der Waals surface area (Å²) in [5.41, 5.74) is 3.77. The van der Waals surface area contributed by atoms with Crippen molar-refractivity contribution in [2.45, 2.75) is 24.2 Å². The summed E-state index contributed by atoms with van der Waals surface area (Å²) in [6.45, 7) is 0.0750. The summed E-state index contributed by atoms with van der Waals surface area (Å²) in [7, 11) is 6.39. The van der Waals surface area contributed by atoms with E-state index in [0.717, 1.165) is 28.3 Å². The molecule has 1 atom stereocenters. The molecule has 13 heteroatoms. The molecule has 1 aromatic heterocycles. The number of methoxy groups -OCH3 is 4. The Labute approximate surface area is 294 Å². The number of thioether (sulfide) groups is 1. The number of aromatic nitrogens is 3. The first kappa shape index (κ1) is 34.1. The molecule has 1 aliphatic heterocycles. The first-order chi connectivity index (χ1) is 24.4. The number of benzene rings is 4. The molecule has 2 heterocycles. The average Bonchev–Trinajstić information content (AvgIpc) is 3.81. The zero-order chi connectivity index (χ0) is 35.0. The highest BCUT2D eigenvalue weighted by molar-refractivity contribution is 7.99. The quantitative estimate of drug-likeness (QED) is 0.155. The number of amides is 2. The molecule has 0 bridgehead atoms. The molecular formula is C37H36N6O6S. The topological polar surface area (TPSA) is 129 Å². The average molecular weight is 693 g/mol. The maximum Gasteiger partial charge on any atom is 0.253 e. The van der Waals surface area contributed by atoms with Crippen molar-refractivity contribution in [2.24, 2.45) is 5.10 Å². The third kappa shape index (κ3) is 7.42. The Hall–Kier alpha value is -5.82. The number of carbonyl (C=O) groups excluding carboxylic acids is 2. The van der Waals surface area contributed by atoms with Gasteiger partial charge >= 0.3 is 0 Å². The first-order valence-electron chi connectivity index (χ1n) is 15.7. The van der Waals surface area contributed by atoms with Gasteiger partial charge in [-0.2, -0.15) is 5.10 Å². The van der Waals surface area contributed by atoms with Gasteiger partial charge in [-0.25, -0.2) is 5.01 Å². The van der Waals surface area contributed by atoms with E-state index >= 15 is 0 Å². The van der Waals surface area contributed by atoms with Crippen molar-refractivity contribution in [1.82, 2.24) is 25.1 Å². The van der Waals surface area contributed by atoms with E-state index in [-0.39, 0.29) is 30.2 Å². The highest BCUT2D eigenvalue weighted by Gasteiger charge is 2.33. The van der Waals surface area contributed by atoms with Gasteiger partial charge in [0.2, 0.25) is 0 Å². The molecule has 0 unspecified atom stereocenters. The number of hydrogen-bond donors (Lipinski definition) is 1. The van der Waals surface area contributed by atoms with Gasteiger partial charge in [-0.1, -0.05) is 36.0 Å². The smallest absolute Gasteiger partial charge is 0.253 e. The summed E-state index contributed by atoms with van der Waals surface area (Å²) < 4.78 is 23.3. The van der Waals surface area contributed by atoms with Gasteiger partial charge < -0.3 is 24.3 Å². The summed E-state index contributed by atoms with van der Waals surface area (Å²) in [4.78, 5) is 27.0. The van der Waals surface area contributed by atoms with Crippen LogP contribution in [0.1, 0.15) is 39.8 Å². The Bertz CT molecular complexity index is 1980. The zero-order valence-corrected chi connectivity index (χ0v) is 28.8. The molecule has 50 heavy (non-hydrogen) atoms. The normalized spacial score (nSPS) is 13.8. The number of nitrogens with zero attached hydrogens (tertiary/aromatic N) is 5. The molecule has 256 valence electrons. The number of ether oxygens (including phenoxy) is 4. The Kier molecular flexibility index (Phi) is 10.6. The zero-order valence-electron chi connectivity index (χ0n) is 28.0. The fraction of sp³-hybridized carbons (Fsp3) is 0.216. The van der Waals surface area contributed by atoms with Crippen LogP contribution in [0.15, 0.2) is 107 Å². The van der Waals surface area contributed by atoms with Crippen LogP contribution in [-0.2, 0) is 11.3 Å². The maximum absolute atomic E-state index is 14.0. The van der Waals surface area contributed by atoms with Gasteiger partial charge in [0.05, 0.1) is 58.2 Å². The van der Waals surface area contributed by atoms with Gasteiger partial charge in [0.25, 0.3) is 11.8 Å². The van der Waals surface area contributed by atoms with E-state index in [1.165, 1.54) is 11.8 Å². The van der Waals surface area contributed by atoms with Crippen molar-refractivity contribution in [1.29, 1.82) is 0 Å².